The van der Waals surface area contributed by atoms with Gasteiger partial charge in [0.2, 0.25) is 0 Å². The first kappa shape index (κ1) is 15.5. The number of hydrogen-bond acceptors (Lipinski definition) is 3. The second-order valence-electron chi connectivity index (χ2n) is 5.97. The molecule has 0 radical (unpaired) electrons. The van der Waals surface area contributed by atoms with Crippen LogP contribution in [-0.4, -0.2) is 28.5 Å². The molecule has 0 amide bonds. The largest absolute Gasteiger partial charge is 0.326 e. The van der Waals surface area contributed by atoms with Gasteiger partial charge in [-0.05, 0) is 49.9 Å². The second-order valence-corrected chi connectivity index (χ2v) is 5.97. The zero-order valence-corrected chi connectivity index (χ0v) is 13.0. The summed E-state index contributed by atoms with van der Waals surface area (Å²) in [5.74, 6) is 0. The van der Waals surface area contributed by atoms with E-state index in [4.69, 9.17) is 5.73 Å². The smallest absolute Gasteiger partial charge is 0.0503 e. The Bertz CT molecular complexity index is 377. The number of rotatable bonds is 6. The molecule has 2 rings (SSSR count). The van der Waals surface area contributed by atoms with Crippen LogP contribution in [0.3, 0.4) is 0 Å². The summed E-state index contributed by atoms with van der Waals surface area (Å²) in [5.41, 5.74) is 7.81. The Labute approximate surface area is 123 Å². The highest BCUT2D eigenvalue weighted by Gasteiger charge is 2.32. The average Bonchev–Trinajstić information content (AvgIpc) is 2.50. The molecule has 0 aromatic carbocycles. The van der Waals surface area contributed by atoms with Gasteiger partial charge in [-0.25, -0.2) is 0 Å². The van der Waals surface area contributed by atoms with Gasteiger partial charge in [0.1, 0.15) is 0 Å². The van der Waals surface area contributed by atoms with Crippen molar-refractivity contribution in [2.24, 2.45) is 5.73 Å². The van der Waals surface area contributed by atoms with Gasteiger partial charge in [-0.3, -0.25) is 9.88 Å². The van der Waals surface area contributed by atoms with E-state index in [1.807, 2.05) is 12.4 Å². The van der Waals surface area contributed by atoms with Crippen LogP contribution in [0.4, 0.5) is 0 Å². The molecule has 1 aliphatic heterocycles. The molecular formula is C17H29N3. The lowest BCUT2D eigenvalue weighted by Gasteiger charge is -2.43. The van der Waals surface area contributed by atoms with Gasteiger partial charge in [0, 0.05) is 24.5 Å². The van der Waals surface area contributed by atoms with Gasteiger partial charge in [0.25, 0.3) is 0 Å². The van der Waals surface area contributed by atoms with Crippen LogP contribution >= 0.6 is 0 Å². The van der Waals surface area contributed by atoms with E-state index in [1.165, 1.54) is 44.2 Å². The molecule has 3 unspecified atom stereocenters. The summed E-state index contributed by atoms with van der Waals surface area (Å²) in [4.78, 5) is 6.83. The van der Waals surface area contributed by atoms with Crippen LogP contribution in [0.2, 0.25) is 0 Å². The van der Waals surface area contributed by atoms with Crippen LogP contribution < -0.4 is 5.73 Å². The molecular weight excluding hydrogens is 246 g/mol. The quantitative estimate of drug-likeness (QED) is 0.864. The summed E-state index contributed by atoms with van der Waals surface area (Å²) >= 11 is 0. The van der Waals surface area contributed by atoms with Crippen molar-refractivity contribution < 1.29 is 0 Å². The predicted molar refractivity (Wildman–Crippen MR) is 84.5 cm³/mol. The Morgan fingerprint density at radius 1 is 1.30 bits per heavy atom. The van der Waals surface area contributed by atoms with Crippen molar-refractivity contribution in [3.05, 3.63) is 30.1 Å². The monoisotopic (exact) mass is 275 g/mol. The lowest BCUT2D eigenvalue weighted by molar-refractivity contribution is 0.0725. The predicted octanol–water partition coefficient (Wildman–Crippen LogP) is 3.51. The van der Waals surface area contributed by atoms with E-state index in [-0.39, 0.29) is 6.04 Å². The number of aromatic nitrogens is 1. The Balaban J connectivity index is 2.25. The van der Waals surface area contributed by atoms with Crippen LogP contribution in [0.5, 0.6) is 0 Å². The van der Waals surface area contributed by atoms with Gasteiger partial charge in [0.05, 0.1) is 6.04 Å². The maximum absolute atomic E-state index is 6.48. The molecule has 2 heterocycles. The van der Waals surface area contributed by atoms with E-state index in [1.54, 1.807) is 0 Å². The molecule has 0 spiro atoms. The summed E-state index contributed by atoms with van der Waals surface area (Å²) in [5, 5.41) is 0. The molecule has 0 saturated carbocycles. The van der Waals surface area contributed by atoms with Crippen LogP contribution in [0.15, 0.2) is 24.5 Å². The first-order valence-corrected chi connectivity index (χ1v) is 8.19. The van der Waals surface area contributed by atoms with Crippen molar-refractivity contribution in [3.63, 3.8) is 0 Å². The van der Waals surface area contributed by atoms with Crippen LogP contribution in [-0.2, 0) is 0 Å². The fraction of sp³-hybridized carbons (Fsp3) is 0.706. The normalized spacial score (nSPS) is 23.4. The number of nitrogens with zero attached hydrogens (tertiary/aromatic N) is 2. The van der Waals surface area contributed by atoms with Crippen molar-refractivity contribution in [2.75, 3.05) is 6.54 Å². The topological polar surface area (TPSA) is 42.2 Å². The number of likely N-dealkylation sites (tertiary alicyclic amines) is 1. The molecule has 3 nitrogen and oxygen atoms in total. The lowest BCUT2D eigenvalue weighted by atomic mass is 9.90. The van der Waals surface area contributed by atoms with Gasteiger partial charge < -0.3 is 5.73 Å². The van der Waals surface area contributed by atoms with E-state index in [0.29, 0.717) is 12.1 Å². The minimum absolute atomic E-state index is 0.204. The molecule has 2 N–H and O–H groups in total. The van der Waals surface area contributed by atoms with Gasteiger partial charge in [-0.15, -0.1) is 0 Å². The number of hydrogen-bond donors (Lipinski definition) is 1. The maximum Gasteiger partial charge on any atom is 0.0503 e. The van der Waals surface area contributed by atoms with Crippen molar-refractivity contribution in [2.45, 2.75) is 70.5 Å². The molecule has 1 aromatic rings. The van der Waals surface area contributed by atoms with Crippen molar-refractivity contribution in [1.29, 1.82) is 0 Å². The summed E-state index contributed by atoms with van der Waals surface area (Å²) in [6.07, 6.45) is 11.3. The molecule has 20 heavy (non-hydrogen) atoms. The lowest BCUT2D eigenvalue weighted by Crippen LogP contribution is -2.48. The standard InChI is InChI=1S/C17H29N3/c1-3-7-15-8-5-6-13-20(15)17(16(18)4-2)14-9-11-19-12-10-14/h9-12,15-17H,3-8,13,18H2,1-2H3. The Kier molecular flexibility index (Phi) is 5.99. The van der Waals surface area contributed by atoms with Gasteiger partial charge in [0.15, 0.2) is 0 Å². The van der Waals surface area contributed by atoms with Gasteiger partial charge >= 0.3 is 0 Å². The highest BCUT2D eigenvalue weighted by molar-refractivity contribution is 5.18. The van der Waals surface area contributed by atoms with Gasteiger partial charge in [-0.1, -0.05) is 26.7 Å². The van der Waals surface area contributed by atoms with Gasteiger partial charge in [-0.2, -0.15) is 0 Å². The number of piperidine rings is 1. The van der Waals surface area contributed by atoms with E-state index >= 15 is 0 Å². The molecule has 0 aliphatic carbocycles. The Hall–Kier alpha value is -0.930. The summed E-state index contributed by atoms with van der Waals surface area (Å²) in [6, 6.07) is 5.52. The third-order valence-electron chi connectivity index (χ3n) is 4.58. The molecule has 0 bridgehead atoms. The van der Waals surface area contributed by atoms with E-state index in [9.17, 15) is 0 Å². The zero-order valence-electron chi connectivity index (χ0n) is 13.0. The number of pyridine rings is 1. The minimum atomic E-state index is 0.204. The molecule has 3 heteroatoms. The summed E-state index contributed by atoms with van der Waals surface area (Å²) in [7, 11) is 0. The fourth-order valence-corrected chi connectivity index (χ4v) is 3.50. The molecule has 112 valence electrons. The minimum Gasteiger partial charge on any atom is -0.326 e. The van der Waals surface area contributed by atoms with E-state index in [2.05, 4.69) is 35.9 Å². The summed E-state index contributed by atoms with van der Waals surface area (Å²) in [6.45, 7) is 5.66. The third-order valence-corrected chi connectivity index (χ3v) is 4.58. The van der Waals surface area contributed by atoms with E-state index in [0.717, 1.165) is 6.42 Å². The highest BCUT2D eigenvalue weighted by atomic mass is 15.2. The fourth-order valence-electron chi connectivity index (χ4n) is 3.50. The highest BCUT2D eigenvalue weighted by Crippen LogP contribution is 2.32. The number of nitrogens with two attached hydrogens (primary N) is 1. The maximum atomic E-state index is 6.48. The van der Waals surface area contributed by atoms with E-state index < -0.39 is 0 Å². The first-order valence-electron chi connectivity index (χ1n) is 8.19. The first-order chi connectivity index (χ1) is 9.77. The SMILES string of the molecule is CCCC1CCCCN1C(c1ccncc1)C(N)CC. The van der Waals surface area contributed by atoms with Crippen molar-refractivity contribution >= 4 is 0 Å². The summed E-state index contributed by atoms with van der Waals surface area (Å²) < 4.78 is 0. The third kappa shape index (κ3) is 3.58. The van der Waals surface area contributed by atoms with Crippen LogP contribution in [0.1, 0.15) is 64.0 Å². The Morgan fingerprint density at radius 3 is 2.70 bits per heavy atom. The molecule has 1 fully saturated rings. The van der Waals surface area contributed by atoms with Crippen LogP contribution in [0.25, 0.3) is 0 Å². The Morgan fingerprint density at radius 2 is 2.05 bits per heavy atom. The molecule has 1 aromatic heterocycles. The zero-order chi connectivity index (χ0) is 14.4. The molecule has 3 atom stereocenters. The average molecular weight is 275 g/mol. The van der Waals surface area contributed by atoms with Crippen molar-refractivity contribution in [1.82, 2.24) is 9.88 Å². The second kappa shape index (κ2) is 7.75. The molecule has 1 aliphatic rings. The van der Waals surface area contributed by atoms with Crippen LogP contribution in [0, 0.1) is 0 Å². The molecule has 1 saturated heterocycles. The van der Waals surface area contributed by atoms with Crippen molar-refractivity contribution in [3.8, 4) is 0 Å².